The predicted octanol–water partition coefficient (Wildman–Crippen LogP) is -3.53. The highest BCUT2D eigenvalue weighted by molar-refractivity contribution is 6.35. The van der Waals surface area contributed by atoms with Gasteiger partial charge in [-0.2, -0.15) is 0 Å². The van der Waals surface area contributed by atoms with Crippen LogP contribution in [0.3, 0.4) is 0 Å². The van der Waals surface area contributed by atoms with E-state index in [1.54, 1.807) is 0 Å². The minimum atomic E-state index is -2.36. The van der Waals surface area contributed by atoms with Crippen molar-refractivity contribution < 1.29 is 44.7 Å². The Morgan fingerprint density at radius 2 is 1.58 bits per heavy atom. The molecular weight excluding hydrogens is 264 g/mol. The second-order valence-corrected chi connectivity index (χ2v) is 3.66. The van der Waals surface area contributed by atoms with Gasteiger partial charge in [0, 0.05) is 6.42 Å². The molecule has 110 valence electrons. The van der Waals surface area contributed by atoms with Gasteiger partial charge in [0.15, 0.2) is 6.10 Å². The quantitative estimate of drug-likeness (QED) is 0.181. The van der Waals surface area contributed by atoms with Gasteiger partial charge in [0.25, 0.3) is 0 Å². The lowest BCUT2D eigenvalue weighted by Crippen LogP contribution is -2.49. The Labute approximate surface area is 108 Å². The molecule has 0 fully saturated rings. The summed E-state index contributed by atoms with van der Waals surface area (Å²) in [4.78, 5) is 32.9. The molecule has 9 nitrogen and oxygen atoms in total. The third-order valence-corrected chi connectivity index (χ3v) is 2.24. The second-order valence-electron chi connectivity index (χ2n) is 3.66. The largest absolute Gasteiger partial charge is 0.394 e. The van der Waals surface area contributed by atoms with E-state index in [9.17, 15) is 29.7 Å². The van der Waals surface area contributed by atoms with Crippen molar-refractivity contribution in [3.05, 3.63) is 0 Å². The molecule has 5 N–H and O–H groups in total. The number of rotatable bonds is 7. The lowest BCUT2D eigenvalue weighted by molar-refractivity contribution is -0.178. The highest BCUT2D eigenvalue weighted by atomic mass is 16.6. The maximum Gasteiger partial charge on any atom is 0.382 e. The van der Waals surface area contributed by atoms with Gasteiger partial charge in [-0.1, -0.05) is 6.92 Å². The van der Waals surface area contributed by atoms with Crippen LogP contribution in [0.2, 0.25) is 0 Å². The summed E-state index contributed by atoms with van der Waals surface area (Å²) in [5.41, 5.74) is 0. The van der Waals surface area contributed by atoms with E-state index in [0.29, 0.717) is 0 Å². The Morgan fingerprint density at radius 3 is 2.00 bits per heavy atom. The molecule has 0 aliphatic rings. The molecule has 0 aliphatic carbocycles. The molecule has 0 heterocycles. The third-order valence-electron chi connectivity index (χ3n) is 2.24. The lowest BCUT2D eigenvalue weighted by atomic mass is 10.0. The second kappa shape index (κ2) is 7.92. The molecule has 0 unspecified atom stereocenters. The molecule has 19 heavy (non-hydrogen) atoms. The van der Waals surface area contributed by atoms with Crippen LogP contribution in [0, 0.1) is 0 Å². The zero-order valence-electron chi connectivity index (χ0n) is 10.1. The molecule has 0 saturated carbocycles. The molecule has 0 radical (unpaired) electrons. The number of carbonyl (C=O) groups is 3. The summed E-state index contributed by atoms with van der Waals surface area (Å²) in [7, 11) is 0. The van der Waals surface area contributed by atoms with Gasteiger partial charge in [-0.15, -0.1) is 0 Å². The Kier molecular flexibility index (Phi) is 7.34. The summed E-state index contributed by atoms with van der Waals surface area (Å²) in [6, 6.07) is 0. The first-order chi connectivity index (χ1) is 8.76. The first-order valence-corrected chi connectivity index (χ1v) is 5.38. The number of hydrogen-bond donors (Lipinski definition) is 5. The fourth-order valence-electron chi connectivity index (χ4n) is 1.01. The maximum absolute atomic E-state index is 11.2. The minimum absolute atomic E-state index is 0.212. The number of ether oxygens (including phenoxy) is 1. The molecule has 0 amide bonds. The zero-order chi connectivity index (χ0) is 15.2. The van der Waals surface area contributed by atoms with Crippen LogP contribution in [-0.2, 0) is 19.1 Å². The molecule has 9 heteroatoms. The van der Waals surface area contributed by atoms with E-state index in [1.165, 1.54) is 6.92 Å². The van der Waals surface area contributed by atoms with E-state index in [-0.39, 0.29) is 6.42 Å². The van der Waals surface area contributed by atoms with Crippen LogP contribution < -0.4 is 0 Å². The van der Waals surface area contributed by atoms with Crippen LogP contribution in [0.4, 0.5) is 0 Å². The third kappa shape index (κ3) is 5.01. The molecule has 0 aliphatic heterocycles. The van der Waals surface area contributed by atoms with Crippen molar-refractivity contribution in [2.24, 2.45) is 0 Å². The number of carbonyl (C=O) groups excluding carboxylic acids is 3. The van der Waals surface area contributed by atoms with Gasteiger partial charge < -0.3 is 30.3 Å². The van der Waals surface area contributed by atoms with Gasteiger partial charge in [-0.25, -0.2) is 9.59 Å². The van der Waals surface area contributed by atoms with Crippen molar-refractivity contribution in [3.63, 3.8) is 0 Å². The van der Waals surface area contributed by atoms with Crippen LogP contribution in [0.5, 0.6) is 0 Å². The Bertz CT molecular complexity index is 340. The summed E-state index contributed by atoms with van der Waals surface area (Å²) >= 11 is 0. The Balaban J connectivity index is 4.56. The number of Topliss-reactive ketones (excluding diaryl/α,β-unsaturated/α-hetero) is 1. The summed E-state index contributed by atoms with van der Waals surface area (Å²) in [5.74, 6) is -4.16. The van der Waals surface area contributed by atoms with Crippen LogP contribution in [0.1, 0.15) is 13.3 Å². The standard InChI is InChI=1S/C10H16O9/c1-2-4(12)9(17)19-10(18)8(16)7(15)6(14)5(13)3-11/h5-8,11,13-16H,2-3H2,1H3/t5-,6+,7+,8-/m1/s1. The van der Waals surface area contributed by atoms with Crippen LogP contribution in [0.15, 0.2) is 0 Å². The van der Waals surface area contributed by atoms with Crippen molar-refractivity contribution in [2.75, 3.05) is 6.61 Å². The van der Waals surface area contributed by atoms with E-state index in [1.807, 2.05) is 0 Å². The number of esters is 2. The van der Waals surface area contributed by atoms with Crippen LogP contribution in [0.25, 0.3) is 0 Å². The van der Waals surface area contributed by atoms with E-state index < -0.39 is 48.7 Å². The van der Waals surface area contributed by atoms with Crippen molar-refractivity contribution in [1.82, 2.24) is 0 Å². The van der Waals surface area contributed by atoms with E-state index in [0.717, 1.165) is 0 Å². The molecule has 0 aromatic carbocycles. The van der Waals surface area contributed by atoms with Crippen molar-refractivity contribution in [2.45, 2.75) is 37.8 Å². The monoisotopic (exact) mass is 280 g/mol. The lowest BCUT2D eigenvalue weighted by Gasteiger charge is -2.23. The number of ketones is 1. The highest BCUT2D eigenvalue weighted by Crippen LogP contribution is 2.07. The average molecular weight is 280 g/mol. The van der Waals surface area contributed by atoms with Gasteiger partial charge in [-0.05, 0) is 0 Å². The molecule has 0 rings (SSSR count). The first kappa shape index (κ1) is 17.6. The SMILES string of the molecule is CCC(=O)C(=O)OC(=O)[C@H](O)[C@@H](O)[C@@H](O)[C@H](O)CO. The van der Waals surface area contributed by atoms with Crippen molar-refractivity contribution in [3.8, 4) is 0 Å². The van der Waals surface area contributed by atoms with Gasteiger partial charge in [0.2, 0.25) is 5.78 Å². The molecule has 0 saturated heterocycles. The summed E-state index contributed by atoms with van der Waals surface area (Å²) in [6.07, 6.45) is -8.60. The van der Waals surface area contributed by atoms with Gasteiger partial charge >= 0.3 is 11.9 Å². The topological polar surface area (TPSA) is 162 Å². The van der Waals surface area contributed by atoms with E-state index in [2.05, 4.69) is 4.74 Å². The molecular formula is C10H16O9. The van der Waals surface area contributed by atoms with Gasteiger partial charge in [0.1, 0.15) is 18.3 Å². The average Bonchev–Trinajstić information content (AvgIpc) is 2.42. The summed E-state index contributed by atoms with van der Waals surface area (Å²) in [6.45, 7) is 0.425. The van der Waals surface area contributed by atoms with Crippen LogP contribution >= 0.6 is 0 Å². The van der Waals surface area contributed by atoms with E-state index >= 15 is 0 Å². The normalized spacial score (nSPS) is 17.2. The Hall–Kier alpha value is -1.39. The summed E-state index contributed by atoms with van der Waals surface area (Å²) < 4.78 is 3.96. The predicted molar refractivity (Wildman–Crippen MR) is 57.5 cm³/mol. The molecule has 4 atom stereocenters. The summed E-state index contributed by atoms with van der Waals surface area (Å²) in [5, 5.41) is 45.3. The first-order valence-electron chi connectivity index (χ1n) is 5.38. The van der Waals surface area contributed by atoms with Crippen molar-refractivity contribution in [1.29, 1.82) is 0 Å². The fraction of sp³-hybridized carbons (Fsp3) is 0.700. The molecule has 0 spiro atoms. The van der Waals surface area contributed by atoms with E-state index in [4.69, 9.17) is 10.2 Å². The van der Waals surface area contributed by atoms with Gasteiger partial charge in [-0.3, -0.25) is 4.79 Å². The zero-order valence-corrected chi connectivity index (χ0v) is 10.1. The molecule has 0 aromatic heterocycles. The van der Waals surface area contributed by atoms with Crippen LogP contribution in [-0.4, -0.2) is 74.3 Å². The highest BCUT2D eigenvalue weighted by Gasteiger charge is 2.36. The van der Waals surface area contributed by atoms with Gasteiger partial charge in [0.05, 0.1) is 6.61 Å². The number of aliphatic hydroxyl groups is 5. The molecule has 0 bridgehead atoms. The number of hydrogen-bond acceptors (Lipinski definition) is 9. The Morgan fingerprint density at radius 1 is 1.05 bits per heavy atom. The molecule has 0 aromatic rings. The van der Waals surface area contributed by atoms with Crippen molar-refractivity contribution >= 4 is 17.7 Å². The fourth-order valence-corrected chi connectivity index (χ4v) is 1.01. The smallest absolute Gasteiger partial charge is 0.382 e. The maximum atomic E-state index is 11.2. The number of aliphatic hydroxyl groups excluding tert-OH is 5. The minimum Gasteiger partial charge on any atom is -0.394 e.